The lowest BCUT2D eigenvalue weighted by molar-refractivity contribution is -0.150. The highest BCUT2D eigenvalue weighted by atomic mass is 32.1. The van der Waals surface area contributed by atoms with Crippen molar-refractivity contribution in [3.05, 3.63) is 16.1 Å². The molecule has 1 aromatic heterocycles. The Labute approximate surface area is 99.3 Å². The summed E-state index contributed by atoms with van der Waals surface area (Å²) in [7, 11) is 0. The van der Waals surface area contributed by atoms with Gasteiger partial charge in [0.15, 0.2) is 6.10 Å². The number of rotatable bonds is 4. The lowest BCUT2D eigenvalue weighted by Crippen LogP contribution is -2.17. The fourth-order valence-corrected chi connectivity index (χ4v) is 2.12. The molecule has 1 heterocycles. The largest absolute Gasteiger partial charge is 0.479 e. The molecule has 0 saturated carbocycles. The SMILES string of the molecule is CCOC(C(=O)O)c1csc(C(C)(C)C)n1. The molecule has 0 saturated heterocycles. The number of nitrogens with zero attached hydrogens (tertiary/aromatic N) is 1. The van der Waals surface area contributed by atoms with E-state index in [9.17, 15) is 4.79 Å². The molecule has 4 nitrogen and oxygen atoms in total. The molecule has 0 fully saturated rings. The third-order valence-electron chi connectivity index (χ3n) is 1.99. The maximum absolute atomic E-state index is 11.0. The minimum atomic E-state index is -0.993. The van der Waals surface area contributed by atoms with E-state index in [-0.39, 0.29) is 5.41 Å². The van der Waals surface area contributed by atoms with E-state index in [0.717, 1.165) is 5.01 Å². The maximum atomic E-state index is 11.0. The number of hydrogen-bond acceptors (Lipinski definition) is 4. The first kappa shape index (κ1) is 13.1. The highest BCUT2D eigenvalue weighted by Gasteiger charge is 2.25. The van der Waals surface area contributed by atoms with Crippen LogP contribution in [0.15, 0.2) is 5.38 Å². The topological polar surface area (TPSA) is 59.4 Å². The fraction of sp³-hybridized carbons (Fsp3) is 0.636. The van der Waals surface area contributed by atoms with Gasteiger partial charge in [0.2, 0.25) is 0 Å². The van der Waals surface area contributed by atoms with Crippen LogP contribution in [0.4, 0.5) is 0 Å². The van der Waals surface area contributed by atoms with Crippen molar-refractivity contribution in [1.82, 2.24) is 4.98 Å². The van der Waals surface area contributed by atoms with Crippen LogP contribution in [0.2, 0.25) is 0 Å². The quantitative estimate of drug-likeness (QED) is 0.883. The molecule has 0 amide bonds. The summed E-state index contributed by atoms with van der Waals surface area (Å²) in [5, 5.41) is 11.7. The summed E-state index contributed by atoms with van der Waals surface area (Å²) in [4.78, 5) is 15.3. The Kier molecular flexibility index (Phi) is 4.04. The van der Waals surface area contributed by atoms with Crippen molar-refractivity contribution in [3.8, 4) is 0 Å². The van der Waals surface area contributed by atoms with Crippen molar-refractivity contribution in [2.75, 3.05) is 6.61 Å². The summed E-state index contributed by atoms with van der Waals surface area (Å²) < 4.78 is 5.16. The molecular weight excluding hydrogens is 226 g/mol. The minimum absolute atomic E-state index is 0.0574. The van der Waals surface area contributed by atoms with E-state index in [1.807, 2.05) is 20.8 Å². The van der Waals surface area contributed by atoms with Crippen LogP contribution in [0.1, 0.15) is 44.5 Å². The van der Waals surface area contributed by atoms with Gasteiger partial charge in [-0.2, -0.15) is 0 Å². The molecular formula is C11H17NO3S. The van der Waals surface area contributed by atoms with Crippen LogP contribution in [-0.2, 0) is 14.9 Å². The van der Waals surface area contributed by atoms with Crippen molar-refractivity contribution in [3.63, 3.8) is 0 Å². The maximum Gasteiger partial charge on any atom is 0.339 e. The zero-order chi connectivity index (χ0) is 12.3. The number of thiazole rings is 1. The van der Waals surface area contributed by atoms with E-state index < -0.39 is 12.1 Å². The van der Waals surface area contributed by atoms with Gasteiger partial charge in [0, 0.05) is 17.4 Å². The van der Waals surface area contributed by atoms with E-state index >= 15 is 0 Å². The van der Waals surface area contributed by atoms with Gasteiger partial charge in [-0.25, -0.2) is 9.78 Å². The molecule has 1 atom stereocenters. The van der Waals surface area contributed by atoms with Crippen LogP contribution in [0, 0.1) is 0 Å². The van der Waals surface area contributed by atoms with Crippen molar-refractivity contribution in [2.45, 2.75) is 39.2 Å². The van der Waals surface area contributed by atoms with Gasteiger partial charge in [0.25, 0.3) is 0 Å². The van der Waals surface area contributed by atoms with Crippen LogP contribution in [0.25, 0.3) is 0 Å². The summed E-state index contributed by atoms with van der Waals surface area (Å²) in [6.07, 6.45) is -0.947. The first-order valence-corrected chi connectivity index (χ1v) is 6.04. The Morgan fingerprint density at radius 1 is 1.62 bits per heavy atom. The Bertz CT molecular complexity index is 368. The summed E-state index contributed by atoms with van der Waals surface area (Å²) in [5.74, 6) is -0.993. The molecule has 0 aliphatic rings. The average molecular weight is 243 g/mol. The number of aromatic nitrogens is 1. The Hall–Kier alpha value is -0.940. The number of aliphatic carboxylic acids is 1. The summed E-state index contributed by atoms with van der Waals surface area (Å²) >= 11 is 1.47. The molecule has 1 unspecified atom stereocenters. The monoisotopic (exact) mass is 243 g/mol. The Balaban J connectivity index is 2.95. The van der Waals surface area contributed by atoms with Crippen molar-refractivity contribution < 1.29 is 14.6 Å². The van der Waals surface area contributed by atoms with E-state index in [1.54, 1.807) is 12.3 Å². The standard InChI is InChI=1S/C11H17NO3S/c1-5-15-8(9(13)14)7-6-16-10(12-7)11(2,3)4/h6,8H,5H2,1-4H3,(H,13,14). The van der Waals surface area contributed by atoms with Gasteiger partial charge in [-0.3, -0.25) is 0 Å². The second kappa shape index (κ2) is 4.93. The number of carboxylic acid groups (broad SMARTS) is 1. The molecule has 1 aromatic rings. The van der Waals surface area contributed by atoms with Gasteiger partial charge in [0.1, 0.15) is 0 Å². The van der Waals surface area contributed by atoms with Crippen LogP contribution in [0.3, 0.4) is 0 Å². The third kappa shape index (κ3) is 3.02. The molecule has 0 aliphatic heterocycles. The molecule has 1 rings (SSSR count). The highest BCUT2D eigenvalue weighted by molar-refractivity contribution is 7.09. The Morgan fingerprint density at radius 3 is 2.62 bits per heavy atom. The molecule has 16 heavy (non-hydrogen) atoms. The van der Waals surface area contributed by atoms with Gasteiger partial charge in [-0.15, -0.1) is 11.3 Å². The van der Waals surface area contributed by atoms with Crippen molar-refractivity contribution >= 4 is 17.3 Å². The number of carbonyl (C=O) groups is 1. The van der Waals surface area contributed by atoms with E-state index in [4.69, 9.17) is 9.84 Å². The molecule has 0 aliphatic carbocycles. The zero-order valence-corrected chi connectivity index (χ0v) is 10.8. The highest BCUT2D eigenvalue weighted by Crippen LogP contribution is 2.28. The summed E-state index contributed by atoms with van der Waals surface area (Å²) in [5.41, 5.74) is 0.433. The predicted molar refractivity (Wildman–Crippen MR) is 62.8 cm³/mol. The Morgan fingerprint density at radius 2 is 2.25 bits per heavy atom. The van der Waals surface area contributed by atoms with Gasteiger partial charge in [0.05, 0.1) is 10.7 Å². The predicted octanol–water partition coefficient (Wildman–Crippen LogP) is 2.60. The first-order valence-electron chi connectivity index (χ1n) is 5.16. The van der Waals surface area contributed by atoms with Crippen LogP contribution in [-0.4, -0.2) is 22.7 Å². The van der Waals surface area contributed by atoms with Gasteiger partial charge in [-0.1, -0.05) is 20.8 Å². The molecule has 0 spiro atoms. The van der Waals surface area contributed by atoms with Gasteiger partial charge in [-0.05, 0) is 6.92 Å². The third-order valence-corrected chi connectivity index (χ3v) is 3.28. The molecule has 0 bridgehead atoms. The number of carboxylic acids is 1. The minimum Gasteiger partial charge on any atom is -0.479 e. The second-order valence-electron chi connectivity index (χ2n) is 4.50. The first-order chi connectivity index (χ1) is 7.36. The van der Waals surface area contributed by atoms with E-state index in [1.165, 1.54) is 11.3 Å². The average Bonchev–Trinajstić information content (AvgIpc) is 2.61. The van der Waals surface area contributed by atoms with Crippen LogP contribution in [0.5, 0.6) is 0 Å². The van der Waals surface area contributed by atoms with E-state index in [0.29, 0.717) is 12.3 Å². The van der Waals surface area contributed by atoms with E-state index in [2.05, 4.69) is 4.98 Å². The molecule has 0 radical (unpaired) electrons. The fourth-order valence-electron chi connectivity index (χ4n) is 1.20. The molecule has 0 aromatic carbocycles. The van der Waals surface area contributed by atoms with Crippen LogP contribution >= 0.6 is 11.3 Å². The van der Waals surface area contributed by atoms with Crippen molar-refractivity contribution in [1.29, 1.82) is 0 Å². The molecule has 1 N–H and O–H groups in total. The normalized spacial score (nSPS) is 13.8. The summed E-state index contributed by atoms with van der Waals surface area (Å²) in [6.45, 7) is 8.27. The number of hydrogen-bond donors (Lipinski definition) is 1. The molecule has 5 heteroatoms. The zero-order valence-electron chi connectivity index (χ0n) is 9.98. The lowest BCUT2D eigenvalue weighted by atomic mass is 9.98. The molecule has 90 valence electrons. The van der Waals surface area contributed by atoms with Crippen molar-refractivity contribution in [2.24, 2.45) is 0 Å². The van der Waals surface area contributed by atoms with Gasteiger partial charge < -0.3 is 9.84 Å². The van der Waals surface area contributed by atoms with Gasteiger partial charge >= 0.3 is 5.97 Å². The lowest BCUT2D eigenvalue weighted by Gasteiger charge is -2.14. The van der Waals surface area contributed by atoms with Crippen LogP contribution < -0.4 is 0 Å². The number of ether oxygens (including phenoxy) is 1. The smallest absolute Gasteiger partial charge is 0.339 e. The second-order valence-corrected chi connectivity index (χ2v) is 5.36. The summed E-state index contributed by atoms with van der Waals surface area (Å²) in [6, 6.07) is 0.